The minimum Gasteiger partial charge on any atom is -0.252 e. The van der Waals surface area contributed by atoms with Gasteiger partial charge in [0.05, 0.1) is 20.8 Å². The van der Waals surface area contributed by atoms with E-state index in [1.54, 1.807) is 22.7 Å². The quantitative estimate of drug-likeness (QED) is 0.168. The summed E-state index contributed by atoms with van der Waals surface area (Å²) in [6.07, 6.45) is 3.88. The Morgan fingerprint density at radius 3 is 1.23 bits per heavy atom. The Kier molecular flexibility index (Phi) is 7.23. The SMILES string of the molecule is c1ccc(-c2ccc(-c3ccc4c(-c5ccc(-c6cncs6)cc5)c5ccccc5c(-c5ccc(-c6cncs6)cc5)c4c3)cc2)cc1. The van der Waals surface area contributed by atoms with E-state index in [1.807, 2.05) is 23.4 Å². The van der Waals surface area contributed by atoms with Crippen molar-refractivity contribution in [3.05, 3.63) is 169 Å². The van der Waals surface area contributed by atoms with Crippen LogP contribution in [0.5, 0.6) is 0 Å². The third kappa shape index (κ3) is 5.12. The number of rotatable bonds is 6. The fourth-order valence-corrected chi connectivity index (χ4v) is 8.04. The molecule has 0 fully saturated rings. The molecule has 2 aromatic heterocycles. The molecule has 48 heavy (non-hydrogen) atoms. The van der Waals surface area contributed by atoms with Crippen molar-refractivity contribution in [1.29, 1.82) is 0 Å². The predicted octanol–water partition coefficient (Wildman–Crippen LogP) is 12.9. The van der Waals surface area contributed by atoms with Gasteiger partial charge in [-0.25, -0.2) is 0 Å². The van der Waals surface area contributed by atoms with Gasteiger partial charge in [-0.15, -0.1) is 22.7 Å². The van der Waals surface area contributed by atoms with Gasteiger partial charge in [0.2, 0.25) is 0 Å². The minimum absolute atomic E-state index is 1.18. The summed E-state index contributed by atoms with van der Waals surface area (Å²) in [5.74, 6) is 0. The molecule has 0 unspecified atom stereocenters. The Labute approximate surface area is 287 Å². The normalized spacial score (nSPS) is 11.3. The van der Waals surface area contributed by atoms with E-state index in [1.165, 1.54) is 86.9 Å². The molecule has 0 atom stereocenters. The standard InChI is InChI=1S/C44H28N2S2/c1-2-6-29(7-3-1)30-10-12-31(13-11-30)36-22-23-39-40(24-36)44(35-20-16-33(17-21-35)42-26-46-28-48-42)38-9-5-4-8-37(38)43(39)34-18-14-32(15-19-34)41-25-45-27-47-41/h1-28H. The molecule has 9 aromatic rings. The average molecular weight is 649 g/mol. The molecule has 7 aromatic carbocycles. The van der Waals surface area contributed by atoms with Gasteiger partial charge in [-0.3, -0.25) is 9.97 Å². The van der Waals surface area contributed by atoms with Crippen molar-refractivity contribution in [2.45, 2.75) is 0 Å². The van der Waals surface area contributed by atoms with Gasteiger partial charge in [-0.05, 0) is 83.2 Å². The molecule has 9 rings (SSSR count). The lowest BCUT2D eigenvalue weighted by Gasteiger charge is -2.19. The summed E-state index contributed by atoms with van der Waals surface area (Å²) < 4.78 is 0. The van der Waals surface area contributed by atoms with E-state index in [2.05, 4.69) is 156 Å². The van der Waals surface area contributed by atoms with E-state index in [0.29, 0.717) is 0 Å². The molecule has 0 aliphatic rings. The highest BCUT2D eigenvalue weighted by molar-refractivity contribution is 7.13. The Hall–Kier alpha value is -5.68. The topological polar surface area (TPSA) is 25.8 Å². The fraction of sp³-hybridized carbons (Fsp3) is 0. The van der Waals surface area contributed by atoms with Gasteiger partial charge in [0.25, 0.3) is 0 Å². The first-order valence-corrected chi connectivity index (χ1v) is 17.7. The van der Waals surface area contributed by atoms with Crippen LogP contribution in [0.25, 0.3) is 86.9 Å². The van der Waals surface area contributed by atoms with Gasteiger partial charge in [0, 0.05) is 12.4 Å². The summed E-state index contributed by atoms with van der Waals surface area (Å²) in [6, 6.07) is 53.3. The second kappa shape index (κ2) is 12.2. The number of aromatic nitrogens is 2. The zero-order chi connectivity index (χ0) is 31.9. The summed E-state index contributed by atoms with van der Waals surface area (Å²) in [5, 5.41) is 4.97. The predicted molar refractivity (Wildman–Crippen MR) is 205 cm³/mol. The maximum Gasteiger partial charge on any atom is 0.0797 e. The molecule has 0 aliphatic carbocycles. The summed E-state index contributed by atoms with van der Waals surface area (Å²) in [4.78, 5) is 10.9. The first-order valence-electron chi connectivity index (χ1n) is 15.9. The van der Waals surface area contributed by atoms with Crippen molar-refractivity contribution in [2.75, 3.05) is 0 Å². The monoisotopic (exact) mass is 648 g/mol. The molecular weight excluding hydrogens is 621 g/mol. The maximum atomic E-state index is 4.30. The summed E-state index contributed by atoms with van der Waals surface area (Å²) in [5.41, 5.74) is 15.9. The van der Waals surface area contributed by atoms with Gasteiger partial charge in [0.1, 0.15) is 0 Å². The van der Waals surface area contributed by atoms with E-state index in [9.17, 15) is 0 Å². The summed E-state index contributed by atoms with van der Waals surface area (Å²) in [6.45, 7) is 0. The van der Waals surface area contributed by atoms with Gasteiger partial charge in [-0.2, -0.15) is 0 Å². The minimum atomic E-state index is 1.18. The Morgan fingerprint density at radius 2 is 0.708 bits per heavy atom. The molecule has 4 heteroatoms. The number of fused-ring (bicyclic) bond motifs is 2. The van der Waals surface area contributed by atoms with Crippen LogP contribution in [0.15, 0.2) is 169 Å². The molecule has 226 valence electrons. The summed E-state index contributed by atoms with van der Waals surface area (Å²) in [7, 11) is 0. The molecular formula is C44H28N2S2. The largest absolute Gasteiger partial charge is 0.252 e. The highest BCUT2D eigenvalue weighted by Crippen LogP contribution is 2.45. The average Bonchev–Trinajstić information content (AvgIpc) is 3.91. The highest BCUT2D eigenvalue weighted by atomic mass is 32.1. The Balaban J connectivity index is 1.26. The second-order valence-corrected chi connectivity index (χ2v) is 13.7. The summed E-state index contributed by atoms with van der Waals surface area (Å²) >= 11 is 3.33. The number of hydrogen-bond acceptors (Lipinski definition) is 4. The molecule has 0 saturated heterocycles. The van der Waals surface area contributed by atoms with Crippen LogP contribution in [0.4, 0.5) is 0 Å². The van der Waals surface area contributed by atoms with Gasteiger partial charge in [-0.1, -0.05) is 140 Å². The van der Waals surface area contributed by atoms with Crippen LogP contribution in [0.2, 0.25) is 0 Å². The van der Waals surface area contributed by atoms with E-state index < -0.39 is 0 Å². The van der Waals surface area contributed by atoms with Crippen molar-refractivity contribution < 1.29 is 0 Å². The van der Waals surface area contributed by atoms with E-state index in [-0.39, 0.29) is 0 Å². The molecule has 0 bridgehead atoms. The van der Waals surface area contributed by atoms with E-state index >= 15 is 0 Å². The number of thiazole rings is 2. The smallest absolute Gasteiger partial charge is 0.0797 e. The molecule has 0 radical (unpaired) electrons. The number of hydrogen-bond donors (Lipinski definition) is 0. The maximum absolute atomic E-state index is 4.30. The zero-order valence-corrected chi connectivity index (χ0v) is 27.5. The van der Waals surface area contributed by atoms with Crippen LogP contribution >= 0.6 is 22.7 Å². The lowest BCUT2D eigenvalue weighted by atomic mass is 9.84. The van der Waals surface area contributed by atoms with E-state index in [0.717, 1.165) is 0 Å². The van der Waals surface area contributed by atoms with Crippen molar-refractivity contribution in [2.24, 2.45) is 0 Å². The van der Waals surface area contributed by atoms with E-state index in [4.69, 9.17) is 0 Å². The fourth-order valence-electron chi connectivity index (χ4n) is 6.78. The molecule has 0 spiro atoms. The third-order valence-corrected chi connectivity index (χ3v) is 10.8. The third-order valence-electron chi connectivity index (χ3n) is 9.13. The molecule has 0 aliphatic heterocycles. The van der Waals surface area contributed by atoms with Crippen molar-refractivity contribution >= 4 is 44.2 Å². The Bertz CT molecular complexity index is 2500. The van der Waals surface area contributed by atoms with Crippen molar-refractivity contribution in [1.82, 2.24) is 9.97 Å². The van der Waals surface area contributed by atoms with Crippen LogP contribution in [-0.4, -0.2) is 9.97 Å². The van der Waals surface area contributed by atoms with Gasteiger partial charge in [0.15, 0.2) is 0 Å². The van der Waals surface area contributed by atoms with Crippen LogP contribution in [0.1, 0.15) is 0 Å². The molecule has 2 nitrogen and oxygen atoms in total. The van der Waals surface area contributed by atoms with Crippen LogP contribution in [-0.2, 0) is 0 Å². The molecule has 0 saturated carbocycles. The Morgan fingerprint density at radius 1 is 0.312 bits per heavy atom. The van der Waals surface area contributed by atoms with Crippen molar-refractivity contribution in [3.8, 4) is 65.4 Å². The van der Waals surface area contributed by atoms with Gasteiger partial charge >= 0.3 is 0 Å². The van der Waals surface area contributed by atoms with Crippen LogP contribution in [0, 0.1) is 0 Å². The number of nitrogens with zero attached hydrogens (tertiary/aromatic N) is 2. The number of benzene rings is 7. The first kappa shape index (κ1) is 28.5. The van der Waals surface area contributed by atoms with Crippen LogP contribution < -0.4 is 0 Å². The van der Waals surface area contributed by atoms with Crippen LogP contribution in [0.3, 0.4) is 0 Å². The van der Waals surface area contributed by atoms with Crippen molar-refractivity contribution in [3.63, 3.8) is 0 Å². The second-order valence-electron chi connectivity index (χ2n) is 11.9. The lowest BCUT2D eigenvalue weighted by Crippen LogP contribution is -1.92. The first-order chi connectivity index (χ1) is 23.8. The molecule has 2 heterocycles. The molecule has 0 amide bonds. The van der Waals surface area contributed by atoms with Gasteiger partial charge < -0.3 is 0 Å². The lowest BCUT2D eigenvalue weighted by molar-refractivity contribution is 1.42. The molecule has 0 N–H and O–H groups in total. The highest BCUT2D eigenvalue weighted by Gasteiger charge is 2.18. The zero-order valence-electron chi connectivity index (χ0n) is 25.9.